The fourth-order valence-electron chi connectivity index (χ4n) is 3.93. The van der Waals surface area contributed by atoms with Crippen molar-refractivity contribution in [3.8, 4) is 34.7 Å². The van der Waals surface area contributed by atoms with Crippen LogP contribution in [-0.4, -0.2) is 33.4 Å². The Morgan fingerprint density at radius 2 is 2.12 bits per heavy atom. The lowest BCUT2D eigenvalue weighted by atomic mass is 10.1. The summed E-state index contributed by atoms with van der Waals surface area (Å²) in [6, 6.07) is 12.8. The zero-order chi connectivity index (χ0) is 23.5. The minimum absolute atomic E-state index is 0.000687. The third kappa shape index (κ3) is 5.10. The number of carbonyl (C=O) groups is 1. The molecule has 33 heavy (non-hydrogen) atoms. The average Bonchev–Trinajstić information content (AvgIpc) is 3.45. The first-order valence-electron chi connectivity index (χ1n) is 10.7. The summed E-state index contributed by atoms with van der Waals surface area (Å²) < 4.78 is 11.1. The zero-order valence-corrected chi connectivity index (χ0v) is 19.0. The summed E-state index contributed by atoms with van der Waals surface area (Å²) in [6.45, 7) is 3.84. The number of aromatic nitrogens is 2. The van der Waals surface area contributed by atoms with Gasteiger partial charge < -0.3 is 19.7 Å². The smallest absolute Gasteiger partial charge is 0.306 e. The Morgan fingerprint density at radius 1 is 1.30 bits per heavy atom. The Morgan fingerprint density at radius 3 is 2.79 bits per heavy atom. The largest absolute Gasteiger partial charge is 0.489 e. The van der Waals surface area contributed by atoms with Crippen molar-refractivity contribution in [1.29, 1.82) is 5.26 Å². The Kier molecular flexibility index (Phi) is 6.52. The molecule has 0 bridgehead atoms. The van der Waals surface area contributed by atoms with E-state index in [0.29, 0.717) is 46.1 Å². The fraction of sp³-hybridized carbons (Fsp3) is 0.333. The van der Waals surface area contributed by atoms with Crippen LogP contribution in [0.25, 0.3) is 22.8 Å². The molecule has 0 saturated heterocycles. The van der Waals surface area contributed by atoms with Crippen LogP contribution in [0.1, 0.15) is 38.7 Å². The molecule has 2 atom stereocenters. The minimum Gasteiger partial charge on any atom is -0.489 e. The van der Waals surface area contributed by atoms with Crippen molar-refractivity contribution < 1.29 is 19.2 Å². The fourth-order valence-corrected chi connectivity index (χ4v) is 4.15. The van der Waals surface area contributed by atoms with Crippen molar-refractivity contribution in [2.24, 2.45) is 5.92 Å². The van der Waals surface area contributed by atoms with Gasteiger partial charge in [0, 0.05) is 17.3 Å². The predicted octanol–water partition coefficient (Wildman–Crippen LogP) is 5.38. The lowest BCUT2D eigenvalue weighted by Crippen LogP contribution is -2.17. The highest BCUT2D eigenvalue weighted by atomic mass is 35.5. The van der Waals surface area contributed by atoms with Gasteiger partial charge in [0.25, 0.3) is 5.89 Å². The molecular formula is C24H23ClN4O4. The van der Waals surface area contributed by atoms with E-state index >= 15 is 0 Å². The van der Waals surface area contributed by atoms with E-state index in [9.17, 15) is 15.2 Å². The first-order chi connectivity index (χ1) is 15.8. The first-order valence-corrected chi connectivity index (χ1v) is 11.1. The summed E-state index contributed by atoms with van der Waals surface area (Å²) in [7, 11) is 0. The Hall–Kier alpha value is -3.57. The van der Waals surface area contributed by atoms with Crippen LogP contribution in [-0.2, 0) is 4.79 Å². The lowest BCUT2D eigenvalue weighted by molar-refractivity contribution is -0.141. The number of hydrogen-bond acceptors (Lipinski definition) is 7. The van der Waals surface area contributed by atoms with Crippen molar-refractivity contribution >= 4 is 23.3 Å². The molecule has 1 aromatic heterocycles. The van der Waals surface area contributed by atoms with Gasteiger partial charge in [-0.3, -0.25) is 4.79 Å². The van der Waals surface area contributed by atoms with Crippen molar-refractivity contribution in [3.63, 3.8) is 0 Å². The molecule has 1 aliphatic rings. The Balaban J connectivity index is 1.53. The molecule has 1 saturated carbocycles. The van der Waals surface area contributed by atoms with Crippen molar-refractivity contribution in [2.45, 2.75) is 45.3 Å². The molecule has 0 radical (unpaired) electrons. The van der Waals surface area contributed by atoms with Gasteiger partial charge in [-0.1, -0.05) is 16.8 Å². The monoisotopic (exact) mass is 466 g/mol. The van der Waals surface area contributed by atoms with E-state index < -0.39 is 5.97 Å². The SMILES string of the molecule is CC(C)Oc1ccc(-c2noc(-c3ccc(NC4CC[C@H](C(=O)O)C4)cc3C#N)n2)cc1Cl. The molecule has 2 N–H and O–H groups in total. The van der Waals surface area contributed by atoms with Gasteiger partial charge in [0.05, 0.1) is 28.2 Å². The molecule has 4 rings (SSSR count). The zero-order valence-electron chi connectivity index (χ0n) is 18.2. The number of ether oxygens (including phenoxy) is 1. The highest BCUT2D eigenvalue weighted by Crippen LogP contribution is 2.33. The van der Waals surface area contributed by atoms with Gasteiger partial charge >= 0.3 is 5.97 Å². The molecule has 0 spiro atoms. The average molecular weight is 467 g/mol. The molecule has 170 valence electrons. The third-order valence-electron chi connectivity index (χ3n) is 5.50. The summed E-state index contributed by atoms with van der Waals surface area (Å²) in [5.74, 6) is 0.0562. The molecule has 1 heterocycles. The summed E-state index contributed by atoms with van der Waals surface area (Å²) in [5.41, 5.74) is 2.31. The van der Waals surface area contributed by atoms with Crippen LogP contribution in [0.3, 0.4) is 0 Å². The molecule has 2 aromatic carbocycles. The van der Waals surface area contributed by atoms with Gasteiger partial charge in [0.1, 0.15) is 11.8 Å². The molecule has 1 unspecified atom stereocenters. The number of nitrogens with zero attached hydrogens (tertiary/aromatic N) is 3. The molecule has 0 aliphatic heterocycles. The van der Waals surface area contributed by atoms with Crippen LogP contribution in [0.15, 0.2) is 40.9 Å². The van der Waals surface area contributed by atoms with Gasteiger partial charge in [-0.05, 0) is 69.5 Å². The van der Waals surface area contributed by atoms with E-state index in [1.165, 1.54) is 0 Å². The van der Waals surface area contributed by atoms with E-state index in [2.05, 4.69) is 21.5 Å². The normalized spacial score (nSPS) is 17.7. The number of halogens is 1. The Labute approximate surface area is 196 Å². The van der Waals surface area contributed by atoms with Crippen LogP contribution < -0.4 is 10.1 Å². The van der Waals surface area contributed by atoms with E-state index in [0.717, 1.165) is 12.1 Å². The molecule has 1 aliphatic carbocycles. The number of nitrogens with one attached hydrogen (secondary N) is 1. The third-order valence-corrected chi connectivity index (χ3v) is 5.80. The highest BCUT2D eigenvalue weighted by molar-refractivity contribution is 6.32. The van der Waals surface area contributed by atoms with Gasteiger partial charge in [0.15, 0.2) is 0 Å². The summed E-state index contributed by atoms with van der Waals surface area (Å²) in [4.78, 5) is 15.6. The first kappa shape index (κ1) is 22.6. The van der Waals surface area contributed by atoms with Crippen molar-refractivity contribution in [2.75, 3.05) is 5.32 Å². The highest BCUT2D eigenvalue weighted by Gasteiger charge is 2.29. The number of carboxylic acids is 1. The summed E-state index contributed by atoms with van der Waals surface area (Å²) in [6.07, 6.45) is 1.99. The Bertz CT molecular complexity index is 1220. The quantitative estimate of drug-likeness (QED) is 0.475. The maximum Gasteiger partial charge on any atom is 0.306 e. The predicted molar refractivity (Wildman–Crippen MR) is 123 cm³/mol. The maximum atomic E-state index is 11.2. The standard InChI is InChI=1S/C24H23ClN4O4/c1-13(2)32-21-8-4-14(11-20(21)25)22-28-23(33-29-22)19-7-6-18(10-16(19)12-26)27-17-5-3-15(9-17)24(30)31/h4,6-8,10-11,13,15,17,27H,3,5,9H2,1-2H3,(H,30,31)/t15-,17?/m0/s1. The van der Waals surface area contributed by atoms with E-state index in [-0.39, 0.29) is 24.0 Å². The van der Waals surface area contributed by atoms with Gasteiger partial charge in [0.2, 0.25) is 5.82 Å². The van der Waals surface area contributed by atoms with E-state index in [1.54, 1.807) is 30.3 Å². The summed E-state index contributed by atoms with van der Waals surface area (Å²) in [5, 5.41) is 26.7. The molecule has 8 nitrogen and oxygen atoms in total. The minimum atomic E-state index is -0.761. The maximum absolute atomic E-state index is 11.2. The number of rotatable bonds is 7. The van der Waals surface area contributed by atoms with Gasteiger partial charge in [-0.15, -0.1) is 0 Å². The number of aliphatic carboxylic acids is 1. The number of benzene rings is 2. The molecule has 9 heteroatoms. The number of nitriles is 1. The molecule has 0 amide bonds. The second-order valence-electron chi connectivity index (χ2n) is 8.30. The number of hydrogen-bond donors (Lipinski definition) is 2. The number of anilines is 1. The van der Waals surface area contributed by atoms with Crippen molar-refractivity contribution in [1.82, 2.24) is 10.1 Å². The number of carboxylic acid groups (broad SMARTS) is 1. The van der Waals surface area contributed by atoms with Gasteiger partial charge in [-0.25, -0.2) is 0 Å². The van der Waals surface area contributed by atoms with Crippen LogP contribution in [0.4, 0.5) is 5.69 Å². The lowest BCUT2D eigenvalue weighted by Gasteiger charge is -2.14. The van der Waals surface area contributed by atoms with Crippen LogP contribution in [0.5, 0.6) is 5.75 Å². The second-order valence-corrected chi connectivity index (χ2v) is 8.70. The second kappa shape index (κ2) is 9.51. The van der Waals surface area contributed by atoms with E-state index in [1.807, 2.05) is 19.9 Å². The molecule has 3 aromatic rings. The van der Waals surface area contributed by atoms with E-state index in [4.69, 9.17) is 20.9 Å². The van der Waals surface area contributed by atoms with Crippen LogP contribution >= 0.6 is 11.6 Å². The van der Waals surface area contributed by atoms with Crippen LogP contribution in [0.2, 0.25) is 5.02 Å². The topological polar surface area (TPSA) is 121 Å². The summed E-state index contributed by atoms with van der Waals surface area (Å²) >= 11 is 6.31. The molecular weight excluding hydrogens is 444 g/mol. The van der Waals surface area contributed by atoms with Gasteiger partial charge in [-0.2, -0.15) is 10.2 Å². The van der Waals surface area contributed by atoms with Crippen molar-refractivity contribution in [3.05, 3.63) is 47.0 Å². The molecule has 1 fully saturated rings. The van der Waals surface area contributed by atoms with Crippen LogP contribution in [0, 0.1) is 17.2 Å².